The van der Waals surface area contributed by atoms with Crippen LogP contribution in [0.15, 0.2) is 36.5 Å². The zero-order valence-electron chi connectivity index (χ0n) is 29.3. The smallest absolute Gasteiger partial charge is 0.463 e. The molecule has 0 aromatic carbocycles. The summed E-state index contributed by atoms with van der Waals surface area (Å²) in [5.41, 5.74) is 0. The lowest BCUT2D eigenvalue weighted by atomic mass is 10.1. The summed E-state index contributed by atoms with van der Waals surface area (Å²) in [6.45, 7) is 2.12. The van der Waals surface area contributed by atoms with Gasteiger partial charge in [-0.2, -0.15) is 0 Å². The highest BCUT2D eigenvalue weighted by Gasteiger charge is 2.24. The molecule has 0 aromatic rings. The largest absolute Gasteiger partial charge is 0.472 e. The van der Waals surface area contributed by atoms with E-state index < -0.39 is 20.5 Å². The highest BCUT2D eigenvalue weighted by atomic mass is 31.2. The van der Waals surface area contributed by atoms with Crippen LogP contribution in [0.4, 0.5) is 0 Å². The molecular formula is C36H69NO7P+. The summed E-state index contributed by atoms with van der Waals surface area (Å²) in [5.74, 6) is -0.377. The van der Waals surface area contributed by atoms with E-state index in [1.54, 1.807) is 0 Å². The van der Waals surface area contributed by atoms with Gasteiger partial charge in [0.2, 0.25) is 0 Å². The van der Waals surface area contributed by atoms with Gasteiger partial charge in [-0.05, 0) is 44.9 Å². The van der Waals surface area contributed by atoms with Crippen LogP contribution in [-0.2, 0) is 23.1 Å². The fraction of sp³-hybridized carbons (Fsp3) is 0.806. The molecule has 9 heteroatoms. The zero-order chi connectivity index (χ0) is 33.5. The SMILES string of the molecule is CCCCCCC/C=C\C/C=C\C/C=C\CCCCCCCCCCCCC(=O)OCC(O)COP(=O)(O)OCC[N+](C)(C)C. The molecule has 8 nitrogen and oxygen atoms in total. The Morgan fingerprint density at radius 2 is 1.16 bits per heavy atom. The second-order valence-corrected chi connectivity index (χ2v) is 14.6. The number of likely N-dealkylation sites (N-methyl/N-ethyl adjacent to an activating group) is 1. The summed E-state index contributed by atoms with van der Waals surface area (Å²) in [6, 6.07) is 0. The Morgan fingerprint density at radius 1 is 0.689 bits per heavy atom. The quantitative estimate of drug-likeness (QED) is 0.0244. The first-order chi connectivity index (χ1) is 21.6. The third-order valence-electron chi connectivity index (χ3n) is 7.40. The van der Waals surface area contributed by atoms with Crippen molar-refractivity contribution in [1.82, 2.24) is 0 Å². The normalized spacial score (nSPS) is 14.5. The second-order valence-electron chi connectivity index (χ2n) is 13.1. The average molecular weight is 659 g/mol. The number of hydrogen-bond donors (Lipinski definition) is 2. The molecule has 2 N–H and O–H groups in total. The van der Waals surface area contributed by atoms with Gasteiger partial charge >= 0.3 is 13.8 Å². The number of unbranched alkanes of at least 4 members (excludes halogenated alkanes) is 15. The lowest BCUT2D eigenvalue weighted by molar-refractivity contribution is -0.870. The number of ether oxygens (including phenoxy) is 1. The zero-order valence-corrected chi connectivity index (χ0v) is 30.2. The number of nitrogens with zero attached hydrogens (tertiary/aromatic N) is 1. The molecule has 0 saturated heterocycles. The topological polar surface area (TPSA) is 102 Å². The van der Waals surface area contributed by atoms with Gasteiger partial charge < -0.3 is 19.2 Å². The Bertz CT molecular complexity index is 823. The summed E-state index contributed by atoms with van der Waals surface area (Å²) in [6.07, 6.45) is 35.9. The number of aliphatic hydroxyl groups is 1. The number of carbonyl (C=O) groups excluding carboxylic acids is 1. The first-order valence-electron chi connectivity index (χ1n) is 17.8. The van der Waals surface area contributed by atoms with E-state index in [-0.39, 0.29) is 19.2 Å². The number of allylic oxidation sites excluding steroid dienone is 6. The van der Waals surface area contributed by atoms with E-state index in [1.807, 2.05) is 21.1 Å². The van der Waals surface area contributed by atoms with Crippen LogP contribution in [0.2, 0.25) is 0 Å². The Labute approximate surface area is 276 Å². The van der Waals surface area contributed by atoms with Crippen molar-refractivity contribution in [3.8, 4) is 0 Å². The highest BCUT2D eigenvalue weighted by molar-refractivity contribution is 7.47. The molecule has 0 aliphatic carbocycles. The summed E-state index contributed by atoms with van der Waals surface area (Å²) in [5, 5.41) is 9.88. The minimum absolute atomic E-state index is 0.0528. The van der Waals surface area contributed by atoms with Crippen molar-refractivity contribution < 1.29 is 37.6 Å². The van der Waals surface area contributed by atoms with Crippen molar-refractivity contribution in [2.24, 2.45) is 0 Å². The van der Waals surface area contributed by atoms with E-state index in [9.17, 15) is 19.4 Å². The molecule has 2 unspecified atom stereocenters. The Morgan fingerprint density at radius 3 is 1.67 bits per heavy atom. The molecule has 0 spiro atoms. The van der Waals surface area contributed by atoms with Gasteiger partial charge in [-0.25, -0.2) is 4.57 Å². The minimum Gasteiger partial charge on any atom is -0.463 e. The fourth-order valence-corrected chi connectivity index (χ4v) is 5.29. The summed E-state index contributed by atoms with van der Waals surface area (Å²) in [4.78, 5) is 21.6. The average Bonchev–Trinajstić information content (AvgIpc) is 2.98. The van der Waals surface area contributed by atoms with Crippen molar-refractivity contribution >= 4 is 13.8 Å². The molecule has 0 bridgehead atoms. The van der Waals surface area contributed by atoms with Crippen molar-refractivity contribution in [3.05, 3.63) is 36.5 Å². The van der Waals surface area contributed by atoms with E-state index in [0.717, 1.165) is 32.1 Å². The molecule has 0 radical (unpaired) electrons. The maximum atomic E-state index is 11.9. The molecule has 0 fully saturated rings. The lowest BCUT2D eigenvalue weighted by Gasteiger charge is -2.24. The van der Waals surface area contributed by atoms with Crippen LogP contribution >= 0.6 is 7.82 Å². The number of hydrogen-bond acceptors (Lipinski definition) is 6. The second kappa shape index (κ2) is 30.1. The monoisotopic (exact) mass is 658 g/mol. The molecule has 0 rings (SSSR count). The van der Waals surface area contributed by atoms with Gasteiger partial charge in [0.05, 0.1) is 27.7 Å². The van der Waals surface area contributed by atoms with Gasteiger partial charge in [0.15, 0.2) is 0 Å². The Kier molecular flexibility index (Phi) is 29.2. The standard InChI is InChI=1S/C36H68NO7P/c1-5-6-7-8-9-10-11-12-13-14-15-16-17-18-19-20-21-22-23-24-25-26-27-28-29-30-36(39)42-33-35(38)34-44-45(40,41)43-32-31-37(2,3)4/h11-12,14-15,17-18,35,38H,5-10,13,16,19-34H2,1-4H3/p+1/b12-11-,15-14-,18-17-. The molecule has 2 atom stereocenters. The van der Waals surface area contributed by atoms with Crippen molar-refractivity contribution in [2.45, 2.75) is 141 Å². The fourth-order valence-electron chi connectivity index (χ4n) is 4.55. The minimum atomic E-state index is -4.25. The van der Waals surface area contributed by atoms with Gasteiger partial charge in [-0.3, -0.25) is 13.8 Å². The van der Waals surface area contributed by atoms with Crippen LogP contribution in [0.25, 0.3) is 0 Å². The Balaban J connectivity index is 3.49. The van der Waals surface area contributed by atoms with Crippen LogP contribution < -0.4 is 0 Å². The van der Waals surface area contributed by atoms with E-state index in [1.165, 1.54) is 89.9 Å². The number of phosphoric acid groups is 1. The van der Waals surface area contributed by atoms with Gasteiger partial charge in [-0.15, -0.1) is 0 Å². The maximum absolute atomic E-state index is 11.9. The molecule has 0 aromatic heterocycles. The van der Waals surface area contributed by atoms with Crippen LogP contribution in [-0.4, -0.2) is 74.1 Å². The summed E-state index contributed by atoms with van der Waals surface area (Å²) in [7, 11) is 1.56. The third kappa shape index (κ3) is 35.4. The molecule has 0 amide bonds. The summed E-state index contributed by atoms with van der Waals surface area (Å²) < 4.78 is 27.2. The van der Waals surface area contributed by atoms with Crippen LogP contribution in [0.1, 0.15) is 135 Å². The van der Waals surface area contributed by atoms with Gasteiger partial charge in [-0.1, -0.05) is 120 Å². The number of aliphatic hydroxyl groups excluding tert-OH is 1. The van der Waals surface area contributed by atoms with Crippen LogP contribution in [0.3, 0.4) is 0 Å². The number of phosphoric ester groups is 1. The maximum Gasteiger partial charge on any atom is 0.472 e. The van der Waals surface area contributed by atoms with E-state index >= 15 is 0 Å². The van der Waals surface area contributed by atoms with E-state index in [2.05, 4.69) is 43.4 Å². The van der Waals surface area contributed by atoms with Gasteiger partial charge in [0.1, 0.15) is 25.9 Å². The molecule has 0 heterocycles. The molecule has 45 heavy (non-hydrogen) atoms. The molecule has 0 aliphatic rings. The molecule has 0 aliphatic heterocycles. The van der Waals surface area contributed by atoms with Crippen molar-refractivity contribution in [2.75, 3.05) is 47.5 Å². The Hall–Kier alpha value is -1.28. The molecular weight excluding hydrogens is 589 g/mol. The number of quaternary nitrogens is 1. The lowest BCUT2D eigenvalue weighted by Crippen LogP contribution is -2.37. The van der Waals surface area contributed by atoms with Crippen LogP contribution in [0.5, 0.6) is 0 Å². The number of carbonyl (C=O) groups is 1. The predicted octanol–water partition coefficient (Wildman–Crippen LogP) is 9.22. The number of esters is 1. The van der Waals surface area contributed by atoms with E-state index in [4.69, 9.17) is 13.8 Å². The van der Waals surface area contributed by atoms with Gasteiger partial charge in [0, 0.05) is 6.42 Å². The number of rotatable bonds is 32. The van der Waals surface area contributed by atoms with E-state index in [0.29, 0.717) is 17.4 Å². The van der Waals surface area contributed by atoms with Gasteiger partial charge in [0.25, 0.3) is 0 Å². The molecule has 0 saturated carbocycles. The first-order valence-corrected chi connectivity index (χ1v) is 19.3. The predicted molar refractivity (Wildman–Crippen MR) is 187 cm³/mol. The molecule has 264 valence electrons. The summed E-state index contributed by atoms with van der Waals surface area (Å²) >= 11 is 0. The third-order valence-corrected chi connectivity index (χ3v) is 8.39. The van der Waals surface area contributed by atoms with Crippen LogP contribution in [0, 0.1) is 0 Å². The highest BCUT2D eigenvalue weighted by Crippen LogP contribution is 2.43. The first kappa shape index (κ1) is 43.7. The van der Waals surface area contributed by atoms with Crippen molar-refractivity contribution in [1.29, 1.82) is 0 Å². The van der Waals surface area contributed by atoms with Crippen molar-refractivity contribution in [3.63, 3.8) is 0 Å².